The third-order valence-corrected chi connectivity index (χ3v) is 6.05. The molecule has 0 aromatic rings. The zero-order chi connectivity index (χ0) is 36.5. The number of carbonyl (C=O) groups is 2. The number of amides is 2. The molecule has 0 aliphatic rings. The number of halogens is 22. The van der Waals surface area contributed by atoms with Gasteiger partial charge in [0, 0.05) is 13.1 Å². The van der Waals surface area contributed by atoms with Crippen LogP contribution in [0.5, 0.6) is 0 Å². The van der Waals surface area contributed by atoms with Crippen molar-refractivity contribution in [2.45, 2.75) is 90.2 Å². The van der Waals surface area contributed by atoms with Crippen LogP contribution in [0.25, 0.3) is 0 Å². The van der Waals surface area contributed by atoms with Gasteiger partial charge in [-0.3, -0.25) is 9.59 Å². The van der Waals surface area contributed by atoms with Crippen molar-refractivity contribution in [3.63, 3.8) is 0 Å². The summed E-state index contributed by atoms with van der Waals surface area (Å²) in [5.41, 5.74) is 0. The summed E-state index contributed by atoms with van der Waals surface area (Å²) in [6.07, 6.45) is -1.79. The summed E-state index contributed by atoms with van der Waals surface area (Å²) in [4.78, 5) is 22.5. The van der Waals surface area contributed by atoms with E-state index < -0.39 is 95.9 Å². The summed E-state index contributed by atoms with van der Waals surface area (Å²) >= 11 is 7.20. The monoisotopic (exact) mass is 754 g/mol. The molecule has 45 heavy (non-hydrogen) atoms. The highest BCUT2D eigenvalue weighted by molar-refractivity contribution is 6.22. The van der Waals surface area contributed by atoms with Crippen LogP contribution in [0, 0.1) is 0 Å². The third-order valence-electron chi connectivity index (χ3n) is 5.57. The van der Waals surface area contributed by atoms with E-state index in [1.54, 1.807) is 0 Å². The lowest BCUT2D eigenvalue weighted by Gasteiger charge is -2.37. The molecule has 0 aliphatic heterocycles. The Kier molecular flexibility index (Phi) is 12.8. The van der Waals surface area contributed by atoms with Crippen molar-refractivity contribution >= 4 is 35.0 Å². The number of rotatable bonds is 18. The first-order valence-electron chi connectivity index (χ1n) is 11.3. The summed E-state index contributed by atoms with van der Waals surface area (Å²) in [5, 5.41) is -11.1. The van der Waals surface area contributed by atoms with E-state index in [2.05, 4.69) is 23.2 Å². The maximum atomic E-state index is 13.6. The molecule has 0 radical (unpaired) electrons. The second-order valence-electron chi connectivity index (χ2n) is 8.87. The Balaban J connectivity index is 4.92. The highest BCUT2D eigenvalue weighted by atomic mass is 35.5. The maximum absolute atomic E-state index is 13.6. The van der Waals surface area contributed by atoms with Crippen molar-refractivity contribution in [1.29, 1.82) is 0 Å². The normalized spacial score (nSPS) is 15.2. The molecule has 0 heterocycles. The van der Waals surface area contributed by atoms with Crippen molar-refractivity contribution in [3.8, 4) is 0 Å². The molecule has 0 aromatic carbocycles. The number of hydrogen-bond acceptors (Lipinski definition) is 2. The lowest BCUT2D eigenvalue weighted by molar-refractivity contribution is -0.382. The molecule has 26 heteroatoms. The summed E-state index contributed by atoms with van der Waals surface area (Å²) in [6, 6.07) is 0. The van der Waals surface area contributed by atoms with E-state index in [4.69, 9.17) is 0 Å². The number of alkyl halides is 22. The van der Waals surface area contributed by atoms with Crippen LogP contribution in [-0.2, 0) is 9.59 Å². The van der Waals surface area contributed by atoms with Gasteiger partial charge in [0.05, 0.1) is 0 Å². The van der Waals surface area contributed by atoms with Gasteiger partial charge in [-0.05, 0) is 36.0 Å². The van der Waals surface area contributed by atoms with Gasteiger partial charge in [-0.25, -0.2) is 0 Å². The Morgan fingerprint density at radius 3 is 0.822 bits per heavy atom. The second-order valence-corrected chi connectivity index (χ2v) is 9.82. The number of hydrogen-bond donors (Lipinski definition) is 2. The van der Waals surface area contributed by atoms with Crippen LogP contribution in [0.1, 0.15) is 32.1 Å². The van der Waals surface area contributed by atoms with Crippen LogP contribution in [0.4, 0.5) is 87.8 Å². The summed E-state index contributed by atoms with van der Waals surface area (Å²) in [6.45, 7) is -2.17. The van der Waals surface area contributed by atoms with Crippen LogP contribution in [-0.4, -0.2) is 83.0 Å². The average molecular weight is 755 g/mol. The molecular weight excluding hydrogens is 739 g/mol. The molecule has 0 unspecified atom stereocenters. The van der Waals surface area contributed by atoms with Crippen molar-refractivity contribution in [3.05, 3.63) is 0 Å². The minimum atomic E-state index is -7.58. The molecule has 0 atom stereocenters. The Morgan fingerprint density at radius 2 is 0.600 bits per heavy atom. The first-order chi connectivity index (χ1) is 19.5. The largest absolute Gasteiger partial charge is 0.393 e. The topological polar surface area (TPSA) is 58.2 Å². The van der Waals surface area contributed by atoms with Gasteiger partial charge in [-0.2, -0.15) is 87.8 Å². The molecule has 0 spiro atoms. The van der Waals surface area contributed by atoms with Crippen molar-refractivity contribution < 1.29 is 97.4 Å². The summed E-state index contributed by atoms with van der Waals surface area (Å²) in [5.74, 6) is -64.7. The fraction of sp³-hybridized carbons (Fsp3) is 0.895. The van der Waals surface area contributed by atoms with Gasteiger partial charge in [0.2, 0.25) is 0 Å². The number of unbranched alkanes of at least 4 members (excludes halogenated alkanes) is 4. The van der Waals surface area contributed by atoms with Gasteiger partial charge in [0.1, 0.15) is 0 Å². The first-order valence-corrected chi connectivity index (χ1v) is 12.0. The standard InChI is InChI=1S/C19H16Cl2F20N2O2/c20-18(38,39)16(34,35)14(30,31)12(26,27)10(22,23)8(44)42-6-4-2-1-3-5-7-43-9(45)11(24,25)13(28,29)15(32,33)17(36,37)19(21,40)41/h1-7H2,(H,42,44)(H,43,45). The van der Waals surface area contributed by atoms with Crippen LogP contribution < -0.4 is 10.6 Å². The minimum Gasteiger partial charge on any atom is -0.351 e. The fourth-order valence-corrected chi connectivity index (χ4v) is 3.07. The zero-order valence-electron chi connectivity index (χ0n) is 21.1. The van der Waals surface area contributed by atoms with E-state index in [0.29, 0.717) is 0 Å². The lowest BCUT2D eigenvalue weighted by Crippen LogP contribution is -2.69. The molecule has 0 saturated carbocycles. The minimum absolute atomic E-state index is 0.199. The van der Waals surface area contributed by atoms with Crippen LogP contribution in [0.15, 0.2) is 0 Å². The predicted octanol–water partition coefficient (Wildman–Crippen LogP) is 7.91. The second kappa shape index (κ2) is 13.3. The van der Waals surface area contributed by atoms with Gasteiger partial charge in [0.15, 0.2) is 0 Å². The third kappa shape index (κ3) is 7.65. The first kappa shape index (κ1) is 43.1. The van der Waals surface area contributed by atoms with Gasteiger partial charge >= 0.3 is 58.1 Å². The molecule has 0 aromatic heterocycles. The molecular formula is C19H16Cl2F20N2O2. The summed E-state index contributed by atoms with van der Waals surface area (Å²) in [7, 11) is 0. The van der Waals surface area contributed by atoms with E-state index in [0.717, 1.165) is 10.6 Å². The molecule has 0 rings (SSSR count). The van der Waals surface area contributed by atoms with E-state index in [1.165, 1.54) is 0 Å². The van der Waals surface area contributed by atoms with Gasteiger partial charge in [-0.15, -0.1) is 0 Å². The van der Waals surface area contributed by atoms with E-state index in [-0.39, 0.29) is 19.3 Å². The molecule has 0 fully saturated rings. The SMILES string of the molecule is O=C(NCCCCCCCNC(=O)C(F)(F)C(F)(F)C(F)(F)C(F)(F)C(F)(F)Cl)C(F)(F)C(F)(F)C(F)(F)C(F)(F)C(F)(F)Cl. The molecule has 4 nitrogen and oxygen atoms in total. The Hall–Kier alpha value is -1.88. The zero-order valence-corrected chi connectivity index (χ0v) is 22.6. The van der Waals surface area contributed by atoms with Crippen LogP contribution in [0.2, 0.25) is 0 Å². The molecule has 0 aliphatic carbocycles. The average Bonchev–Trinajstić information content (AvgIpc) is 2.85. The smallest absolute Gasteiger partial charge is 0.351 e. The maximum Gasteiger partial charge on any atom is 0.393 e. The quantitative estimate of drug-likeness (QED) is 0.0850. The van der Waals surface area contributed by atoms with E-state index in [1.807, 2.05) is 0 Å². The van der Waals surface area contributed by atoms with Crippen molar-refractivity contribution in [1.82, 2.24) is 10.6 Å². The number of carbonyl (C=O) groups excluding carboxylic acids is 2. The highest BCUT2D eigenvalue weighted by Gasteiger charge is 2.88. The van der Waals surface area contributed by atoms with Crippen LogP contribution >= 0.6 is 23.2 Å². The molecule has 2 amide bonds. The molecule has 2 N–H and O–H groups in total. The van der Waals surface area contributed by atoms with E-state index >= 15 is 0 Å². The summed E-state index contributed by atoms with van der Waals surface area (Å²) < 4.78 is 264. The molecule has 0 bridgehead atoms. The van der Waals surface area contributed by atoms with Crippen LogP contribution in [0.3, 0.4) is 0 Å². The predicted molar refractivity (Wildman–Crippen MR) is 110 cm³/mol. The van der Waals surface area contributed by atoms with E-state index in [9.17, 15) is 97.4 Å². The molecule has 268 valence electrons. The Bertz CT molecular complexity index is 962. The van der Waals surface area contributed by atoms with Crippen molar-refractivity contribution in [2.75, 3.05) is 13.1 Å². The fourth-order valence-electron chi connectivity index (χ4n) is 2.84. The van der Waals surface area contributed by atoms with Crippen molar-refractivity contribution in [2.24, 2.45) is 0 Å². The molecule has 0 saturated heterocycles. The number of nitrogens with one attached hydrogen (secondary N) is 2. The Labute approximate surface area is 247 Å². The highest BCUT2D eigenvalue weighted by Crippen LogP contribution is 2.59. The Morgan fingerprint density at radius 1 is 0.378 bits per heavy atom. The van der Waals surface area contributed by atoms with Gasteiger partial charge in [0.25, 0.3) is 11.8 Å². The lowest BCUT2D eigenvalue weighted by atomic mass is 9.98. The van der Waals surface area contributed by atoms with Gasteiger partial charge in [-0.1, -0.05) is 19.3 Å². The van der Waals surface area contributed by atoms with Gasteiger partial charge < -0.3 is 10.6 Å².